The molecule has 138 valence electrons. The summed E-state index contributed by atoms with van der Waals surface area (Å²) in [5, 5.41) is 0. The Kier molecular flexibility index (Phi) is 6.30. The van der Waals surface area contributed by atoms with Crippen molar-refractivity contribution in [3.63, 3.8) is 0 Å². The molecule has 0 bridgehead atoms. The molecule has 0 saturated carbocycles. The van der Waals surface area contributed by atoms with Crippen molar-refractivity contribution in [3.8, 4) is 23.0 Å². The average molecular weight is 364 g/mol. The smallest absolute Gasteiger partial charge is 0.347 e. The van der Waals surface area contributed by atoms with E-state index in [1.165, 1.54) is 0 Å². The van der Waals surface area contributed by atoms with Crippen LogP contribution in [0.1, 0.15) is 10.4 Å². The van der Waals surface area contributed by atoms with E-state index in [1.807, 2.05) is 30.3 Å². The summed E-state index contributed by atoms with van der Waals surface area (Å²) in [4.78, 5) is 12.5. The Labute approximate surface area is 158 Å². The Bertz CT molecular complexity index is 859. The number of rotatable bonds is 8. The molecule has 5 nitrogen and oxygen atoms in total. The van der Waals surface area contributed by atoms with E-state index in [1.54, 1.807) is 55.6 Å². The number of methoxy groups -OCH3 is 1. The Morgan fingerprint density at radius 1 is 0.704 bits per heavy atom. The second kappa shape index (κ2) is 9.29. The van der Waals surface area contributed by atoms with Gasteiger partial charge in [0.1, 0.15) is 41.8 Å². The Morgan fingerprint density at radius 2 is 1.33 bits per heavy atom. The summed E-state index contributed by atoms with van der Waals surface area (Å²) >= 11 is 0. The van der Waals surface area contributed by atoms with E-state index in [9.17, 15) is 4.79 Å². The third kappa shape index (κ3) is 5.25. The second-order valence-electron chi connectivity index (χ2n) is 5.57. The molecule has 0 aliphatic heterocycles. The second-order valence-corrected chi connectivity index (χ2v) is 5.57. The third-order valence-electron chi connectivity index (χ3n) is 3.73. The first-order chi connectivity index (χ1) is 13.3. The number of hydrogen-bond acceptors (Lipinski definition) is 5. The van der Waals surface area contributed by atoms with Crippen molar-refractivity contribution in [2.75, 3.05) is 20.3 Å². The summed E-state index contributed by atoms with van der Waals surface area (Å²) in [7, 11) is 1.58. The molecule has 3 aromatic carbocycles. The van der Waals surface area contributed by atoms with Gasteiger partial charge < -0.3 is 18.9 Å². The van der Waals surface area contributed by atoms with Crippen LogP contribution in [0.4, 0.5) is 0 Å². The molecule has 0 heterocycles. The first-order valence-corrected chi connectivity index (χ1v) is 8.52. The van der Waals surface area contributed by atoms with Gasteiger partial charge >= 0.3 is 5.97 Å². The highest BCUT2D eigenvalue weighted by Gasteiger charge is 2.14. The minimum Gasteiger partial charge on any atom is -0.497 e. The van der Waals surface area contributed by atoms with Crippen molar-refractivity contribution in [1.82, 2.24) is 0 Å². The Morgan fingerprint density at radius 3 is 2.07 bits per heavy atom. The van der Waals surface area contributed by atoms with Gasteiger partial charge in [-0.05, 0) is 48.5 Å². The number of hydrogen-bond donors (Lipinski definition) is 0. The summed E-state index contributed by atoms with van der Waals surface area (Å²) in [5.41, 5.74) is 0.355. The first-order valence-electron chi connectivity index (χ1n) is 8.52. The van der Waals surface area contributed by atoms with Crippen LogP contribution in [0.15, 0.2) is 78.9 Å². The van der Waals surface area contributed by atoms with Crippen LogP contribution in [-0.4, -0.2) is 26.3 Å². The molecule has 3 aromatic rings. The lowest BCUT2D eigenvalue weighted by Crippen LogP contribution is -2.14. The molecule has 0 N–H and O–H groups in total. The van der Waals surface area contributed by atoms with Crippen molar-refractivity contribution < 1.29 is 23.7 Å². The van der Waals surface area contributed by atoms with Gasteiger partial charge in [0.2, 0.25) is 0 Å². The molecule has 0 aliphatic rings. The third-order valence-corrected chi connectivity index (χ3v) is 3.73. The predicted molar refractivity (Wildman–Crippen MR) is 102 cm³/mol. The van der Waals surface area contributed by atoms with Gasteiger partial charge in [0.15, 0.2) is 0 Å². The number of carbonyl (C=O) groups excluding carboxylic acids is 1. The van der Waals surface area contributed by atoms with Crippen molar-refractivity contribution in [2.45, 2.75) is 0 Å². The lowest BCUT2D eigenvalue weighted by molar-refractivity contribution is 0.0729. The lowest BCUT2D eigenvalue weighted by atomic mass is 10.2. The summed E-state index contributed by atoms with van der Waals surface area (Å²) in [6, 6.07) is 23.2. The van der Waals surface area contributed by atoms with Gasteiger partial charge in [-0.2, -0.15) is 0 Å². The maximum absolute atomic E-state index is 12.5. The molecule has 0 aliphatic carbocycles. The standard InChI is InChI=1S/C22H20O5/c1-24-17-11-13-19(14-12-17)27-22(23)20-9-5-6-10-21(20)26-16-15-25-18-7-3-2-4-8-18/h2-14H,15-16H2,1H3. The van der Waals surface area contributed by atoms with Gasteiger partial charge in [-0.15, -0.1) is 0 Å². The van der Waals surface area contributed by atoms with Crippen molar-refractivity contribution in [2.24, 2.45) is 0 Å². The molecule has 0 spiro atoms. The van der Waals surface area contributed by atoms with E-state index < -0.39 is 5.97 Å². The fourth-order valence-electron chi connectivity index (χ4n) is 2.39. The highest BCUT2D eigenvalue weighted by Crippen LogP contribution is 2.22. The maximum Gasteiger partial charge on any atom is 0.347 e. The average Bonchev–Trinajstić information content (AvgIpc) is 2.73. The van der Waals surface area contributed by atoms with Crippen LogP contribution < -0.4 is 18.9 Å². The molecular weight excluding hydrogens is 344 g/mol. The minimum absolute atomic E-state index is 0.307. The number of esters is 1. The topological polar surface area (TPSA) is 54.0 Å². The van der Waals surface area contributed by atoms with Crippen molar-refractivity contribution in [3.05, 3.63) is 84.4 Å². The molecular formula is C22H20O5. The van der Waals surface area contributed by atoms with Crippen LogP contribution in [0.2, 0.25) is 0 Å². The van der Waals surface area contributed by atoms with E-state index in [0.29, 0.717) is 36.0 Å². The van der Waals surface area contributed by atoms with E-state index in [-0.39, 0.29) is 0 Å². The monoisotopic (exact) mass is 364 g/mol. The van der Waals surface area contributed by atoms with Gasteiger partial charge in [-0.3, -0.25) is 0 Å². The summed E-state index contributed by atoms with van der Waals surface area (Å²) in [6.07, 6.45) is 0. The quantitative estimate of drug-likeness (QED) is 0.337. The minimum atomic E-state index is -0.486. The van der Waals surface area contributed by atoms with Crippen LogP contribution in [0, 0.1) is 0 Å². The zero-order chi connectivity index (χ0) is 18.9. The van der Waals surface area contributed by atoms with E-state index >= 15 is 0 Å². The van der Waals surface area contributed by atoms with E-state index in [4.69, 9.17) is 18.9 Å². The normalized spacial score (nSPS) is 10.1. The molecule has 0 atom stereocenters. The summed E-state index contributed by atoms with van der Waals surface area (Å²) in [5.74, 6) is 1.86. The molecule has 0 unspecified atom stereocenters. The zero-order valence-electron chi connectivity index (χ0n) is 15.0. The van der Waals surface area contributed by atoms with Gasteiger partial charge in [-0.25, -0.2) is 4.79 Å². The first kappa shape index (κ1) is 18.3. The van der Waals surface area contributed by atoms with Crippen LogP contribution in [-0.2, 0) is 0 Å². The molecule has 27 heavy (non-hydrogen) atoms. The van der Waals surface area contributed by atoms with Gasteiger partial charge in [-0.1, -0.05) is 30.3 Å². The fourth-order valence-corrected chi connectivity index (χ4v) is 2.39. The van der Waals surface area contributed by atoms with Crippen LogP contribution in [0.25, 0.3) is 0 Å². The fraction of sp³-hybridized carbons (Fsp3) is 0.136. The van der Waals surface area contributed by atoms with Crippen molar-refractivity contribution in [1.29, 1.82) is 0 Å². The molecule has 0 aromatic heterocycles. The lowest BCUT2D eigenvalue weighted by Gasteiger charge is -2.12. The van der Waals surface area contributed by atoms with E-state index in [2.05, 4.69) is 0 Å². The number of ether oxygens (including phenoxy) is 4. The zero-order valence-corrected chi connectivity index (χ0v) is 15.0. The summed E-state index contributed by atoms with van der Waals surface area (Å²) in [6.45, 7) is 0.674. The van der Waals surface area contributed by atoms with Gasteiger partial charge in [0, 0.05) is 0 Å². The Hall–Kier alpha value is -3.47. The number of para-hydroxylation sites is 2. The summed E-state index contributed by atoms with van der Waals surface area (Å²) < 4.78 is 21.8. The SMILES string of the molecule is COc1ccc(OC(=O)c2ccccc2OCCOc2ccccc2)cc1. The number of carbonyl (C=O) groups is 1. The van der Waals surface area contributed by atoms with E-state index in [0.717, 1.165) is 5.75 Å². The molecule has 0 radical (unpaired) electrons. The molecule has 0 amide bonds. The van der Waals surface area contributed by atoms with Crippen molar-refractivity contribution >= 4 is 5.97 Å². The molecule has 0 fully saturated rings. The highest BCUT2D eigenvalue weighted by atomic mass is 16.5. The van der Waals surface area contributed by atoms with Gasteiger partial charge in [0.25, 0.3) is 0 Å². The van der Waals surface area contributed by atoms with Crippen LogP contribution in [0.5, 0.6) is 23.0 Å². The molecule has 0 saturated heterocycles. The van der Waals surface area contributed by atoms with Gasteiger partial charge in [0.05, 0.1) is 7.11 Å². The largest absolute Gasteiger partial charge is 0.497 e. The molecule has 3 rings (SSSR count). The van der Waals surface area contributed by atoms with Crippen LogP contribution >= 0.6 is 0 Å². The maximum atomic E-state index is 12.5. The van der Waals surface area contributed by atoms with Crippen LogP contribution in [0.3, 0.4) is 0 Å². The molecule has 5 heteroatoms. The Balaban J connectivity index is 1.58. The number of benzene rings is 3. The predicted octanol–water partition coefficient (Wildman–Crippen LogP) is 4.37. The highest BCUT2D eigenvalue weighted by molar-refractivity contribution is 5.94.